The minimum atomic E-state index is -4.50. The van der Waals surface area contributed by atoms with Gasteiger partial charge in [0.25, 0.3) is 0 Å². The minimum absolute atomic E-state index is 0.00211. The average molecular weight is 296 g/mol. The van der Waals surface area contributed by atoms with Crippen LogP contribution in [0.15, 0.2) is 40.5 Å². The Morgan fingerprint density at radius 2 is 2.05 bits per heavy atom. The van der Waals surface area contributed by atoms with Crippen molar-refractivity contribution >= 4 is 11.8 Å². The van der Waals surface area contributed by atoms with Crippen molar-refractivity contribution < 1.29 is 22.7 Å². The summed E-state index contributed by atoms with van der Waals surface area (Å²) in [5.41, 5.74) is -0.245. The first-order valence-electron chi connectivity index (χ1n) is 6.26. The van der Waals surface area contributed by atoms with Crippen LogP contribution in [-0.4, -0.2) is 18.4 Å². The smallest absolute Gasteiger partial charge is 0.416 e. The quantitative estimate of drug-likeness (QED) is 0.810. The van der Waals surface area contributed by atoms with Crippen LogP contribution in [0.1, 0.15) is 24.1 Å². The van der Waals surface area contributed by atoms with Gasteiger partial charge < -0.3 is 10.1 Å². The number of carbonyl (C=O) groups excluding carboxylic acids is 1. The van der Waals surface area contributed by atoms with Gasteiger partial charge in [0.05, 0.1) is 28.7 Å². The molecule has 2 heterocycles. The van der Waals surface area contributed by atoms with E-state index in [4.69, 9.17) is 4.74 Å². The van der Waals surface area contributed by atoms with Crippen LogP contribution in [0.4, 0.5) is 13.2 Å². The lowest BCUT2D eigenvalue weighted by Gasteiger charge is -2.26. The van der Waals surface area contributed by atoms with Crippen LogP contribution in [0, 0.1) is 0 Å². The highest BCUT2D eigenvalue weighted by Crippen LogP contribution is 2.39. The molecule has 110 valence electrons. The van der Waals surface area contributed by atoms with Crippen molar-refractivity contribution in [1.82, 2.24) is 5.32 Å². The number of esters is 1. The topological polar surface area (TPSA) is 50.7 Å². The van der Waals surface area contributed by atoms with Crippen molar-refractivity contribution in [3.63, 3.8) is 0 Å². The predicted molar refractivity (Wildman–Crippen MR) is 68.4 cm³/mol. The Morgan fingerprint density at radius 1 is 1.33 bits per heavy atom. The molecule has 4 nitrogen and oxygen atoms in total. The van der Waals surface area contributed by atoms with Crippen LogP contribution < -0.4 is 5.32 Å². The Morgan fingerprint density at radius 3 is 2.76 bits per heavy atom. The van der Waals surface area contributed by atoms with E-state index in [1.54, 1.807) is 6.92 Å². The van der Waals surface area contributed by atoms with Gasteiger partial charge in [0.15, 0.2) is 0 Å². The number of cyclic esters (lactones) is 1. The second-order valence-electron chi connectivity index (χ2n) is 4.80. The number of ether oxygens (including phenoxy) is 1. The van der Waals surface area contributed by atoms with Gasteiger partial charge in [-0.2, -0.15) is 13.2 Å². The zero-order valence-electron chi connectivity index (χ0n) is 11.0. The van der Waals surface area contributed by atoms with Gasteiger partial charge in [-0.15, -0.1) is 0 Å². The molecule has 7 heteroatoms. The fraction of sp³-hybridized carbons (Fsp3) is 0.286. The first kappa shape index (κ1) is 13.7. The molecule has 1 N–H and O–H groups in total. The standard InChI is InChI=1S/C14H11F3N2O2/c1-7-18-10-6-21-13(20)11(10)12(19-7)8-4-2-3-5-9(8)14(15,16)17/h2-5,12H,6H2,1H3,(H,18,19). The number of amidine groups is 1. The van der Waals surface area contributed by atoms with E-state index in [0.717, 1.165) is 6.07 Å². The summed E-state index contributed by atoms with van der Waals surface area (Å²) in [4.78, 5) is 15.9. The van der Waals surface area contributed by atoms with Crippen LogP contribution >= 0.6 is 0 Å². The third-order valence-corrected chi connectivity index (χ3v) is 3.39. The average Bonchev–Trinajstić information content (AvgIpc) is 2.78. The molecule has 0 spiro atoms. The van der Waals surface area contributed by atoms with E-state index in [-0.39, 0.29) is 17.7 Å². The summed E-state index contributed by atoms with van der Waals surface area (Å²) in [6, 6.07) is 4.28. The first-order valence-corrected chi connectivity index (χ1v) is 6.26. The zero-order valence-corrected chi connectivity index (χ0v) is 11.0. The summed E-state index contributed by atoms with van der Waals surface area (Å²) >= 11 is 0. The number of nitrogens with zero attached hydrogens (tertiary/aromatic N) is 1. The van der Waals surface area contributed by atoms with Crippen LogP contribution in [-0.2, 0) is 15.7 Å². The monoisotopic (exact) mass is 296 g/mol. The normalized spacial score (nSPS) is 21.6. The molecule has 1 atom stereocenters. The molecule has 0 saturated carbocycles. The number of hydrogen-bond acceptors (Lipinski definition) is 4. The van der Waals surface area contributed by atoms with Crippen LogP contribution in [0.5, 0.6) is 0 Å². The number of rotatable bonds is 1. The largest absolute Gasteiger partial charge is 0.456 e. The summed E-state index contributed by atoms with van der Waals surface area (Å²) in [5.74, 6) is -0.176. The van der Waals surface area contributed by atoms with Gasteiger partial charge in [-0.05, 0) is 18.6 Å². The van der Waals surface area contributed by atoms with E-state index in [1.165, 1.54) is 18.2 Å². The van der Waals surface area contributed by atoms with Crippen LogP contribution in [0.25, 0.3) is 0 Å². The molecule has 1 aromatic carbocycles. The van der Waals surface area contributed by atoms with Gasteiger partial charge in [-0.25, -0.2) is 9.79 Å². The lowest BCUT2D eigenvalue weighted by Crippen LogP contribution is -2.34. The molecule has 2 aliphatic rings. The number of halogens is 3. The van der Waals surface area contributed by atoms with Gasteiger partial charge >= 0.3 is 12.1 Å². The summed E-state index contributed by atoms with van der Waals surface area (Å²) in [7, 11) is 0. The van der Waals surface area contributed by atoms with Gasteiger partial charge in [-0.3, -0.25) is 0 Å². The highest BCUT2D eigenvalue weighted by atomic mass is 19.4. The van der Waals surface area contributed by atoms with Crippen LogP contribution in [0.3, 0.4) is 0 Å². The van der Waals surface area contributed by atoms with Gasteiger partial charge in [-0.1, -0.05) is 18.2 Å². The third-order valence-electron chi connectivity index (χ3n) is 3.39. The number of alkyl halides is 3. The van der Waals surface area contributed by atoms with Gasteiger partial charge in [0, 0.05) is 0 Å². The van der Waals surface area contributed by atoms with Crippen molar-refractivity contribution in [2.75, 3.05) is 6.61 Å². The number of nitrogens with one attached hydrogen (secondary N) is 1. The maximum atomic E-state index is 13.2. The van der Waals surface area contributed by atoms with Gasteiger partial charge in [0.1, 0.15) is 6.61 Å². The Balaban J connectivity index is 2.14. The Kier molecular flexibility index (Phi) is 3.00. The molecule has 0 aromatic heterocycles. The highest BCUT2D eigenvalue weighted by Gasteiger charge is 2.41. The molecular formula is C14H11F3N2O2. The number of benzene rings is 1. The van der Waals surface area contributed by atoms with Crippen molar-refractivity contribution in [3.05, 3.63) is 46.7 Å². The van der Waals surface area contributed by atoms with Crippen molar-refractivity contribution in [1.29, 1.82) is 0 Å². The summed E-state index contributed by atoms with van der Waals surface area (Å²) in [6.45, 7) is 1.63. The number of carbonyl (C=O) groups is 1. The Labute approximate surface area is 118 Å². The van der Waals surface area contributed by atoms with E-state index in [1.807, 2.05) is 0 Å². The molecule has 2 aliphatic heterocycles. The first-order chi connectivity index (χ1) is 9.88. The molecule has 21 heavy (non-hydrogen) atoms. The van der Waals surface area contributed by atoms with Crippen molar-refractivity contribution in [2.45, 2.75) is 19.1 Å². The fourth-order valence-electron chi connectivity index (χ4n) is 2.54. The Hall–Kier alpha value is -2.31. The molecule has 1 unspecified atom stereocenters. The summed E-state index contributed by atoms with van der Waals surface area (Å²) in [6.07, 6.45) is -4.50. The molecule has 0 bridgehead atoms. The molecule has 0 aliphatic carbocycles. The maximum absolute atomic E-state index is 13.2. The molecule has 0 radical (unpaired) electrons. The van der Waals surface area contributed by atoms with E-state index >= 15 is 0 Å². The molecule has 0 fully saturated rings. The highest BCUT2D eigenvalue weighted by molar-refractivity contribution is 5.97. The summed E-state index contributed by atoms with van der Waals surface area (Å²) < 4.78 is 44.3. The molecule has 0 saturated heterocycles. The third kappa shape index (κ3) is 2.28. The SMILES string of the molecule is CC1=NC2=C(C(=O)OC2)C(c2ccccc2C(F)(F)F)N1. The van der Waals surface area contributed by atoms with E-state index in [0.29, 0.717) is 11.5 Å². The maximum Gasteiger partial charge on any atom is 0.416 e. The number of hydrogen-bond donors (Lipinski definition) is 1. The van der Waals surface area contributed by atoms with E-state index in [9.17, 15) is 18.0 Å². The predicted octanol–water partition coefficient (Wildman–Crippen LogP) is 2.58. The molecule has 3 rings (SSSR count). The lowest BCUT2D eigenvalue weighted by molar-refractivity contribution is -0.139. The minimum Gasteiger partial charge on any atom is -0.456 e. The second kappa shape index (κ2) is 4.61. The zero-order chi connectivity index (χ0) is 15.2. The summed E-state index contributed by atoms with van der Waals surface area (Å²) in [5, 5.41) is 2.84. The van der Waals surface area contributed by atoms with E-state index < -0.39 is 23.8 Å². The Bertz CT molecular complexity index is 677. The van der Waals surface area contributed by atoms with E-state index in [2.05, 4.69) is 10.3 Å². The lowest BCUT2D eigenvalue weighted by atomic mass is 9.92. The molecular weight excluding hydrogens is 285 g/mol. The van der Waals surface area contributed by atoms with Crippen molar-refractivity contribution in [2.24, 2.45) is 4.99 Å². The van der Waals surface area contributed by atoms with Gasteiger partial charge in [0.2, 0.25) is 0 Å². The van der Waals surface area contributed by atoms with Crippen LogP contribution in [0.2, 0.25) is 0 Å². The number of aliphatic imine (C=N–C) groups is 1. The molecule has 0 amide bonds. The van der Waals surface area contributed by atoms with Crippen molar-refractivity contribution in [3.8, 4) is 0 Å². The second-order valence-corrected chi connectivity index (χ2v) is 4.80. The molecule has 1 aromatic rings. The fourth-order valence-corrected chi connectivity index (χ4v) is 2.54.